The first-order valence-corrected chi connectivity index (χ1v) is 12.7. The Bertz CT molecular complexity index is 1170. The maximum atomic E-state index is 13.7. The molecule has 1 spiro atoms. The number of carbonyl (C=O) groups excluding carboxylic acids is 3. The van der Waals surface area contributed by atoms with E-state index in [1.807, 2.05) is 50.2 Å². The number of aryl methyl sites for hydroxylation is 2. The van der Waals surface area contributed by atoms with E-state index in [1.54, 1.807) is 12.1 Å². The molecule has 35 heavy (non-hydrogen) atoms. The highest BCUT2D eigenvalue weighted by atomic mass is 79.9. The van der Waals surface area contributed by atoms with E-state index in [0.29, 0.717) is 17.8 Å². The lowest BCUT2D eigenvalue weighted by Gasteiger charge is -2.34. The number of hydrogen-bond donors (Lipinski definition) is 3. The minimum absolute atomic E-state index is 0.0179. The summed E-state index contributed by atoms with van der Waals surface area (Å²) < 4.78 is 6.43. The summed E-state index contributed by atoms with van der Waals surface area (Å²) in [5, 5.41) is 15.6. The zero-order valence-corrected chi connectivity index (χ0v) is 21.1. The average molecular weight is 542 g/mol. The van der Waals surface area contributed by atoms with Crippen LogP contribution >= 0.6 is 15.9 Å². The number of rotatable bonds is 6. The van der Waals surface area contributed by atoms with Crippen LogP contribution in [0.2, 0.25) is 0 Å². The number of benzene rings is 2. The Morgan fingerprint density at radius 3 is 2.60 bits per heavy atom. The van der Waals surface area contributed by atoms with E-state index < -0.39 is 29.6 Å². The Kier molecular flexibility index (Phi) is 6.19. The third-order valence-corrected chi connectivity index (χ3v) is 8.22. The molecule has 5 rings (SSSR count). The van der Waals surface area contributed by atoms with Gasteiger partial charge in [0, 0.05) is 22.7 Å². The van der Waals surface area contributed by atoms with E-state index in [4.69, 9.17) is 4.74 Å². The van der Waals surface area contributed by atoms with Gasteiger partial charge in [0.1, 0.15) is 11.6 Å². The summed E-state index contributed by atoms with van der Waals surface area (Å²) in [5.74, 6) is -2.61. The smallest absolute Gasteiger partial charge is 0.250 e. The molecule has 3 aliphatic heterocycles. The summed E-state index contributed by atoms with van der Waals surface area (Å²) in [6, 6.07) is 13.9. The van der Waals surface area contributed by atoms with Gasteiger partial charge < -0.3 is 25.4 Å². The fourth-order valence-electron chi connectivity index (χ4n) is 5.90. The first kappa shape index (κ1) is 24.0. The molecule has 8 nitrogen and oxygen atoms in total. The number of aliphatic hydroxyl groups excluding tert-OH is 1. The van der Waals surface area contributed by atoms with Gasteiger partial charge >= 0.3 is 0 Å². The van der Waals surface area contributed by atoms with Crippen molar-refractivity contribution in [2.24, 2.45) is 11.8 Å². The molecule has 3 N–H and O–H groups in total. The van der Waals surface area contributed by atoms with Crippen LogP contribution in [0.1, 0.15) is 17.5 Å². The predicted octanol–water partition coefficient (Wildman–Crippen LogP) is 2.62. The van der Waals surface area contributed by atoms with Crippen molar-refractivity contribution in [3.05, 3.63) is 59.7 Å². The fraction of sp³-hybridized carbons (Fsp3) is 0.423. The summed E-state index contributed by atoms with van der Waals surface area (Å²) in [5.41, 5.74) is 2.01. The van der Waals surface area contributed by atoms with Crippen molar-refractivity contribution in [1.82, 2.24) is 4.90 Å². The van der Waals surface area contributed by atoms with Crippen LogP contribution in [0.5, 0.6) is 0 Å². The van der Waals surface area contributed by atoms with Crippen LogP contribution in [-0.2, 0) is 19.1 Å². The molecule has 2 bridgehead atoms. The second-order valence-electron chi connectivity index (χ2n) is 9.58. The standard InChI is InChI=1S/C26H28BrN3O5/c1-14-8-9-15(2)18(12-14)29-24(33)22-26-13-17(27)21(35-26)19(20(26)25(34)30(22)10-11-31)23(32)28-16-6-4-3-5-7-16/h3-9,12,17,19-22,31H,10-11,13H2,1-2H3,(H,28,32)(H,29,33)/t17?,19-,20+,21-,22?,26?/m1/s1. The van der Waals surface area contributed by atoms with Gasteiger partial charge in [-0.1, -0.05) is 46.3 Å². The molecule has 3 saturated heterocycles. The van der Waals surface area contributed by atoms with Gasteiger partial charge in [-0.3, -0.25) is 14.4 Å². The number of para-hydroxylation sites is 1. The van der Waals surface area contributed by atoms with Gasteiger partial charge in [-0.2, -0.15) is 0 Å². The maximum Gasteiger partial charge on any atom is 0.250 e. The molecule has 2 aromatic carbocycles. The van der Waals surface area contributed by atoms with E-state index in [2.05, 4.69) is 26.6 Å². The van der Waals surface area contributed by atoms with Gasteiger partial charge in [0.05, 0.1) is 24.5 Å². The van der Waals surface area contributed by atoms with E-state index in [-0.39, 0.29) is 35.7 Å². The number of halogens is 1. The summed E-state index contributed by atoms with van der Waals surface area (Å²) in [6.07, 6.45) is -0.129. The third kappa shape index (κ3) is 3.86. The molecule has 184 valence electrons. The lowest BCUT2D eigenvalue weighted by Crippen LogP contribution is -2.54. The van der Waals surface area contributed by atoms with Crippen LogP contribution in [0, 0.1) is 25.7 Å². The molecule has 9 heteroatoms. The second kappa shape index (κ2) is 9.04. The van der Waals surface area contributed by atoms with Gasteiger partial charge in [0.15, 0.2) is 0 Å². The predicted molar refractivity (Wildman–Crippen MR) is 134 cm³/mol. The van der Waals surface area contributed by atoms with E-state index in [9.17, 15) is 19.5 Å². The summed E-state index contributed by atoms with van der Waals surface area (Å²) >= 11 is 3.65. The first-order valence-electron chi connectivity index (χ1n) is 11.7. The molecule has 0 aromatic heterocycles. The van der Waals surface area contributed by atoms with Gasteiger partial charge in [-0.15, -0.1) is 0 Å². The van der Waals surface area contributed by atoms with Crippen LogP contribution in [-0.4, -0.2) is 63.5 Å². The summed E-state index contributed by atoms with van der Waals surface area (Å²) in [4.78, 5) is 42.0. The van der Waals surface area contributed by atoms with Crippen molar-refractivity contribution < 1.29 is 24.2 Å². The van der Waals surface area contributed by atoms with Crippen LogP contribution in [0.25, 0.3) is 0 Å². The largest absolute Gasteiger partial charge is 0.395 e. The second-order valence-corrected chi connectivity index (χ2v) is 10.8. The number of amides is 3. The van der Waals surface area contributed by atoms with Crippen LogP contribution in [0.15, 0.2) is 48.5 Å². The molecule has 0 aliphatic carbocycles. The zero-order chi connectivity index (χ0) is 24.9. The lowest BCUT2D eigenvalue weighted by atomic mass is 9.70. The van der Waals surface area contributed by atoms with Crippen molar-refractivity contribution >= 4 is 45.0 Å². The molecule has 3 unspecified atom stereocenters. The molecule has 3 amide bonds. The SMILES string of the molecule is Cc1ccc(C)c(NC(=O)C2N(CCO)C(=O)[C@@H]3[C@@H](C(=O)Nc4ccccc4)[C@@H]4OC23CC4Br)c1. The lowest BCUT2D eigenvalue weighted by molar-refractivity contribution is -0.140. The Morgan fingerprint density at radius 2 is 1.89 bits per heavy atom. The zero-order valence-electron chi connectivity index (χ0n) is 19.5. The highest BCUT2D eigenvalue weighted by Gasteiger charge is 2.76. The number of likely N-dealkylation sites (tertiary alicyclic amines) is 1. The van der Waals surface area contributed by atoms with Gasteiger partial charge in [0.25, 0.3) is 0 Å². The average Bonchev–Trinajstić information content (AvgIpc) is 3.41. The van der Waals surface area contributed by atoms with Crippen molar-refractivity contribution in [1.29, 1.82) is 0 Å². The highest BCUT2D eigenvalue weighted by molar-refractivity contribution is 9.09. The number of ether oxygens (including phenoxy) is 1. The fourth-order valence-corrected chi connectivity index (χ4v) is 6.84. The highest BCUT2D eigenvalue weighted by Crippen LogP contribution is 2.60. The topological polar surface area (TPSA) is 108 Å². The molecule has 0 radical (unpaired) electrons. The van der Waals surface area contributed by atoms with Crippen molar-refractivity contribution in [2.45, 2.75) is 42.8 Å². The third-order valence-electron chi connectivity index (χ3n) is 7.37. The quantitative estimate of drug-likeness (QED) is 0.487. The molecule has 6 atom stereocenters. The van der Waals surface area contributed by atoms with E-state index in [1.165, 1.54) is 4.90 Å². The number of aliphatic hydroxyl groups is 1. The summed E-state index contributed by atoms with van der Waals surface area (Å²) in [7, 11) is 0. The monoisotopic (exact) mass is 541 g/mol. The van der Waals surface area contributed by atoms with Crippen molar-refractivity contribution in [3.63, 3.8) is 0 Å². The van der Waals surface area contributed by atoms with Crippen LogP contribution < -0.4 is 10.6 Å². The Balaban J connectivity index is 1.49. The van der Waals surface area contributed by atoms with Gasteiger partial charge in [-0.25, -0.2) is 0 Å². The van der Waals surface area contributed by atoms with Crippen LogP contribution in [0.4, 0.5) is 11.4 Å². The van der Waals surface area contributed by atoms with Gasteiger partial charge in [-0.05, 0) is 49.6 Å². The molecular formula is C26H28BrN3O5. The molecule has 0 saturated carbocycles. The minimum Gasteiger partial charge on any atom is -0.395 e. The number of carbonyl (C=O) groups is 3. The van der Waals surface area contributed by atoms with Crippen molar-refractivity contribution in [3.8, 4) is 0 Å². The number of hydrogen-bond acceptors (Lipinski definition) is 5. The maximum absolute atomic E-state index is 13.7. The van der Waals surface area contributed by atoms with Crippen molar-refractivity contribution in [2.75, 3.05) is 23.8 Å². The molecular weight excluding hydrogens is 514 g/mol. The number of fused-ring (bicyclic) bond motifs is 1. The molecule has 3 heterocycles. The first-order chi connectivity index (χ1) is 16.8. The van der Waals surface area contributed by atoms with E-state index >= 15 is 0 Å². The number of nitrogens with one attached hydrogen (secondary N) is 2. The minimum atomic E-state index is -1.16. The normalized spacial score (nSPS) is 30.9. The number of nitrogens with zero attached hydrogens (tertiary/aromatic N) is 1. The number of anilines is 2. The Hall–Kier alpha value is -2.75. The molecule has 3 aliphatic rings. The Morgan fingerprint density at radius 1 is 1.14 bits per heavy atom. The number of β-amino-alcohol motifs (C(OH)–C–C–N with tert-alkyl or cyclic N) is 1. The Labute approximate surface area is 212 Å². The number of alkyl halides is 1. The summed E-state index contributed by atoms with van der Waals surface area (Å²) in [6.45, 7) is 3.52. The van der Waals surface area contributed by atoms with Gasteiger partial charge in [0.2, 0.25) is 17.7 Å². The van der Waals surface area contributed by atoms with E-state index in [0.717, 1.165) is 11.1 Å². The molecule has 3 fully saturated rings. The van der Waals surface area contributed by atoms with Crippen LogP contribution in [0.3, 0.4) is 0 Å². The molecule has 2 aromatic rings.